The molecule has 2 rings (SSSR count). The Labute approximate surface area is 209 Å². The zero-order valence-electron chi connectivity index (χ0n) is 19.7. The minimum Gasteiger partial charge on any atom is -0.507 e. The molecule has 0 bridgehead atoms. The molecule has 2 aromatic rings. The molecule has 0 aliphatic rings. The smallest absolute Gasteiger partial charge is 0.337 e. The second-order valence-electron chi connectivity index (χ2n) is 9.78. The first-order chi connectivity index (χ1) is 15.2. The highest BCUT2D eigenvalue weighted by Gasteiger charge is 2.26. The highest BCUT2D eigenvalue weighted by molar-refractivity contribution is 7.99. The molecule has 3 amide bonds. The Kier molecular flexibility index (Phi) is 8.96. The van der Waals surface area contributed by atoms with Gasteiger partial charge in [0.2, 0.25) is 5.91 Å². The van der Waals surface area contributed by atoms with Gasteiger partial charge in [0.15, 0.2) is 0 Å². The first-order valence-corrected chi connectivity index (χ1v) is 12.3. The van der Waals surface area contributed by atoms with Gasteiger partial charge < -0.3 is 10.4 Å². The van der Waals surface area contributed by atoms with E-state index in [0.29, 0.717) is 22.2 Å². The maximum Gasteiger partial charge on any atom is 0.337 e. The second-order valence-corrected chi connectivity index (χ2v) is 11.6. The zero-order chi connectivity index (χ0) is 25.0. The fraction of sp³-hybridized carbons (Fsp3) is 0.417. The fourth-order valence-corrected chi connectivity index (χ4v) is 4.31. The molecule has 33 heavy (non-hydrogen) atoms. The van der Waals surface area contributed by atoms with Gasteiger partial charge in [-0.3, -0.25) is 10.2 Å². The molecule has 0 aliphatic heterocycles. The van der Waals surface area contributed by atoms with E-state index in [1.165, 1.54) is 17.8 Å². The van der Waals surface area contributed by atoms with Gasteiger partial charge in [0.05, 0.1) is 16.5 Å². The largest absolute Gasteiger partial charge is 0.507 e. The van der Waals surface area contributed by atoms with Crippen LogP contribution in [0.2, 0.25) is 10.0 Å². The number of amides is 3. The lowest BCUT2D eigenvalue weighted by Gasteiger charge is -2.28. The number of hydrogen-bond donors (Lipinski definition) is 4. The summed E-state index contributed by atoms with van der Waals surface area (Å²) in [4.78, 5) is 24.1. The lowest BCUT2D eigenvalue weighted by Crippen LogP contribution is -2.44. The Morgan fingerprint density at radius 1 is 0.939 bits per heavy atom. The van der Waals surface area contributed by atoms with Crippen molar-refractivity contribution in [3.63, 3.8) is 0 Å². The quantitative estimate of drug-likeness (QED) is 0.350. The number of nitrogens with one attached hydrogen (secondary N) is 3. The molecule has 6 nitrogen and oxygen atoms in total. The molecule has 180 valence electrons. The van der Waals surface area contributed by atoms with E-state index in [9.17, 15) is 14.7 Å². The van der Waals surface area contributed by atoms with Crippen molar-refractivity contribution >= 4 is 52.6 Å². The van der Waals surface area contributed by atoms with E-state index in [1.807, 2.05) is 12.1 Å². The molecule has 0 fully saturated rings. The van der Waals surface area contributed by atoms with Gasteiger partial charge in [-0.25, -0.2) is 10.2 Å². The molecule has 0 radical (unpaired) electrons. The van der Waals surface area contributed by atoms with Gasteiger partial charge >= 0.3 is 6.03 Å². The first-order valence-electron chi connectivity index (χ1n) is 10.4. The normalized spacial score (nSPS) is 11.8. The Morgan fingerprint density at radius 2 is 1.52 bits per heavy atom. The Morgan fingerprint density at radius 3 is 2.03 bits per heavy atom. The van der Waals surface area contributed by atoms with Gasteiger partial charge in [-0.1, -0.05) is 76.9 Å². The average Bonchev–Trinajstić information content (AvgIpc) is 2.68. The number of halogens is 2. The maximum atomic E-state index is 12.2. The van der Waals surface area contributed by atoms with Crippen LogP contribution < -0.4 is 16.2 Å². The van der Waals surface area contributed by atoms with Gasteiger partial charge in [0, 0.05) is 10.8 Å². The molecule has 2 aromatic carbocycles. The molecule has 0 atom stereocenters. The third-order valence-electron chi connectivity index (χ3n) is 4.78. The number of phenols is 1. The molecular formula is C24H31Cl2N3O3S. The van der Waals surface area contributed by atoms with E-state index >= 15 is 0 Å². The number of carbonyl (C=O) groups excluding carboxylic acids is 2. The number of hydrazine groups is 1. The summed E-state index contributed by atoms with van der Waals surface area (Å²) < 4.78 is 0. The van der Waals surface area contributed by atoms with Crippen LogP contribution in [0.5, 0.6) is 5.75 Å². The summed E-state index contributed by atoms with van der Waals surface area (Å²) in [6.45, 7) is 12.4. The zero-order valence-corrected chi connectivity index (χ0v) is 22.1. The summed E-state index contributed by atoms with van der Waals surface area (Å²) in [5.41, 5.74) is 7.41. The summed E-state index contributed by atoms with van der Waals surface area (Å²) in [6.07, 6.45) is 0. The summed E-state index contributed by atoms with van der Waals surface area (Å²) in [7, 11) is 0. The van der Waals surface area contributed by atoms with E-state index in [0.717, 1.165) is 16.7 Å². The number of thioether (sulfide) groups is 1. The van der Waals surface area contributed by atoms with Crippen LogP contribution in [-0.4, -0.2) is 22.8 Å². The number of rotatable bonds is 5. The van der Waals surface area contributed by atoms with Crippen LogP contribution >= 0.6 is 35.0 Å². The minimum absolute atomic E-state index is 0.151. The second kappa shape index (κ2) is 10.9. The van der Waals surface area contributed by atoms with Gasteiger partial charge in [-0.15, -0.1) is 11.8 Å². The SMILES string of the molecule is CC(C)(C)c1cc(CSCC(=O)NNC(=O)Nc2ccc(Cl)cc2Cl)cc(C(C)(C)C)c1O. The van der Waals surface area contributed by atoms with E-state index < -0.39 is 6.03 Å². The molecule has 0 aliphatic carbocycles. The van der Waals surface area contributed by atoms with Crippen LogP contribution in [-0.2, 0) is 21.4 Å². The molecule has 0 spiro atoms. The number of phenolic OH excluding ortho intramolecular Hbond substituents is 1. The fourth-order valence-electron chi connectivity index (χ4n) is 3.09. The first kappa shape index (κ1) is 27.2. The van der Waals surface area contributed by atoms with Crippen LogP contribution in [0.15, 0.2) is 30.3 Å². The monoisotopic (exact) mass is 511 g/mol. The number of anilines is 1. The number of benzene rings is 2. The average molecular weight is 513 g/mol. The van der Waals surface area contributed by atoms with Gasteiger partial charge in [-0.2, -0.15) is 0 Å². The van der Waals surface area contributed by atoms with E-state index in [4.69, 9.17) is 23.2 Å². The topological polar surface area (TPSA) is 90.5 Å². The van der Waals surface area contributed by atoms with Crippen LogP contribution in [0, 0.1) is 0 Å². The Hall–Kier alpha value is -2.09. The van der Waals surface area contributed by atoms with Crippen LogP contribution in [0.25, 0.3) is 0 Å². The van der Waals surface area contributed by atoms with Gasteiger partial charge in [-0.05, 0) is 45.7 Å². The van der Waals surface area contributed by atoms with Crippen molar-refractivity contribution in [3.05, 3.63) is 57.1 Å². The highest BCUT2D eigenvalue weighted by Crippen LogP contribution is 2.40. The van der Waals surface area contributed by atoms with Crippen molar-refractivity contribution in [2.45, 2.75) is 58.1 Å². The standard InChI is InChI=1S/C24H31Cl2N3O3S/c1-23(2,3)16-9-14(10-17(21(16)31)24(4,5)6)12-33-13-20(30)28-29-22(32)27-19-8-7-15(25)11-18(19)26/h7-11,31H,12-13H2,1-6H3,(H,28,30)(H2,27,29,32). The van der Waals surface area contributed by atoms with Crippen molar-refractivity contribution < 1.29 is 14.7 Å². The number of carbonyl (C=O) groups is 2. The summed E-state index contributed by atoms with van der Waals surface area (Å²) in [5, 5.41) is 14.1. The van der Waals surface area contributed by atoms with Crippen LogP contribution in [0.3, 0.4) is 0 Å². The van der Waals surface area contributed by atoms with Crippen molar-refractivity contribution in [1.29, 1.82) is 0 Å². The summed E-state index contributed by atoms with van der Waals surface area (Å²) >= 11 is 13.3. The highest BCUT2D eigenvalue weighted by atomic mass is 35.5. The van der Waals surface area contributed by atoms with Gasteiger partial charge in [0.1, 0.15) is 5.75 Å². The van der Waals surface area contributed by atoms with E-state index in [-0.39, 0.29) is 27.5 Å². The van der Waals surface area contributed by atoms with Crippen molar-refractivity contribution in [2.24, 2.45) is 0 Å². The lowest BCUT2D eigenvalue weighted by molar-refractivity contribution is -0.119. The predicted octanol–water partition coefficient (Wildman–Crippen LogP) is 6.38. The van der Waals surface area contributed by atoms with Crippen molar-refractivity contribution in [1.82, 2.24) is 10.9 Å². The molecule has 0 aromatic heterocycles. The minimum atomic E-state index is -0.624. The third-order valence-corrected chi connectivity index (χ3v) is 6.33. The van der Waals surface area contributed by atoms with Crippen LogP contribution in [0.1, 0.15) is 58.2 Å². The molecule has 0 heterocycles. The molecule has 9 heteroatoms. The summed E-state index contributed by atoms with van der Waals surface area (Å²) in [6, 6.07) is 8.04. The van der Waals surface area contributed by atoms with Crippen molar-refractivity contribution in [3.8, 4) is 5.75 Å². The Balaban J connectivity index is 1.93. The van der Waals surface area contributed by atoms with E-state index in [2.05, 4.69) is 57.7 Å². The van der Waals surface area contributed by atoms with Gasteiger partial charge in [0.25, 0.3) is 0 Å². The number of aromatic hydroxyl groups is 1. The number of urea groups is 1. The lowest BCUT2D eigenvalue weighted by atomic mass is 9.78. The Bertz CT molecular complexity index is 996. The van der Waals surface area contributed by atoms with E-state index in [1.54, 1.807) is 12.1 Å². The maximum absolute atomic E-state index is 12.2. The van der Waals surface area contributed by atoms with Crippen LogP contribution in [0.4, 0.5) is 10.5 Å². The molecule has 0 saturated heterocycles. The summed E-state index contributed by atoms with van der Waals surface area (Å²) in [5.74, 6) is 0.728. The molecule has 4 N–H and O–H groups in total. The molecular weight excluding hydrogens is 481 g/mol. The third kappa shape index (κ3) is 8.02. The molecule has 0 saturated carbocycles. The van der Waals surface area contributed by atoms with Crippen molar-refractivity contribution in [2.75, 3.05) is 11.1 Å². The predicted molar refractivity (Wildman–Crippen MR) is 138 cm³/mol. The molecule has 0 unspecified atom stereocenters. The number of hydrogen-bond acceptors (Lipinski definition) is 4.